The Kier molecular flexibility index (Phi) is 4.67. The Hall–Kier alpha value is -0.480. The summed E-state index contributed by atoms with van der Waals surface area (Å²) in [7, 11) is 0. The zero-order chi connectivity index (χ0) is 11.3. The average Bonchev–Trinajstić information content (AvgIpc) is 2.85. The second-order valence-corrected chi connectivity index (χ2v) is 5.09. The van der Waals surface area contributed by atoms with Gasteiger partial charge in [-0.2, -0.15) is 0 Å². The maximum atomic E-state index is 9.99. The van der Waals surface area contributed by atoms with Gasteiger partial charge in [-0.1, -0.05) is 46.0 Å². The lowest BCUT2D eigenvalue weighted by Gasteiger charge is -2.04. The molecule has 2 atom stereocenters. The molecule has 0 heterocycles. The first-order valence-electron chi connectivity index (χ1n) is 6.32. The summed E-state index contributed by atoms with van der Waals surface area (Å²) in [6.45, 7) is 6.53. The molecule has 1 fully saturated rings. The Bertz CT molecular complexity index is 246. The van der Waals surface area contributed by atoms with Crippen molar-refractivity contribution < 1.29 is 5.11 Å². The molecule has 15 heavy (non-hydrogen) atoms. The topological polar surface area (TPSA) is 20.2 Å². The predicted octanol–water partition coefficient (Wildman–Crippen LogP) is 3.37. The van der Waals surface area contributed by atoms with Crippen molar-refractivity contribution in [3.8, 4) is 11.8 Å². The number of unbranched alkanes of at least 4 members (excludes halogenated alkanes) is 4. The molecule has 0 aromatic carbocycles. The van der Waals surface area contributed by atoms with Gasteiger partial charge in [-0.3, -0.25) is 0 Å². The molecule has 0 saturated heterocycles. The standard InChI is InChI=1S/C14H24O/c1-4-5-6-7-8-9-10-14(15)11-13(14)12(2)3/h12-13,15H,4-8,11H2,1-3H3/t13-,14+/m0/s1. The van der Waals surface area contributed by atoms with Crippen LogP contribution in [0.4, 0.5) is 0 Å². The van der Waals surface area contributed by atoms with Gasteiger partial charge in [-0.15, -0.1) is 5.92 Å². The van der Waals surface area contributed by atoms with E-state index in [0.717, 1.165) is 12.8 Å². The predicted molar refractivity (Wildman–Crippen MR) is 64.4 cm³/mol. The van der Waals surface area contributed by atoms with Crippen molar-refractivity contribution in [1.82, 2.24) is 0 Å². The van der Waals surface area contributed by atoms with Crippen LogP contribution in [0.3, 0.4) is 0 Å². The first-order chi connectivity index (χ1) is 7.10. The minimum atomic E-state index is -0.626. The molecule has 86 valence electrons. The summed E-state index contributed by atoms with van der Waals surface area (Å²) >= 11 is 0. The lowest BCUT2D eigenvalue weighted by atomic mass is 10.1. The van der Waals surface area contributed by atoms with Crippen LogP contribution in [0.15, 0.2) is 0 Å². The molecule has 0 unspecified atom stereocenters. The van der Waals surface area contributed by atoms with Crippen molar-refractivity contribution >= 4 is 0 Å². The van der Waals surface area contributed by atoms with Gasteiger partial charge in [0.25, 0.3) is 0 Å². The molecule has 0 bridgehead atoms. The molecule has 0 spiro atoms. The van der Waals surface area contributed by atoms with Crippen molar-refractivity contribution in [1.29, 1.82) is 0 Å². The monoisotopic (exact) mass is 208 g/mol. The van der Waals surface area contributed by atoms with E-state index in [0.29, 0.717) is 11.8 Å². The fourth-order valence-corrected chi connectivity index (χ4v) is 2.06. The third kappa shape index (κ3) is 3.87. The largest absolute Gasteiger partial charge is 0.377 e. The summed E-state index contributed by atoms with van der Waals surface area (Å²) in [5, 5.41) is 9.99. The maximum Gasteiger partial charge on any atom is 0.129 e. The second-order valence-electron chi connectivity index (χ2n) is 5.09. The van der Waals surface area contributed by atoms with E-state index in [9.17, 15) is 5.11 Å². The van der Waals surface area contributed by atoms with Gasteiger partial charge in [-0.25, -0.2) is 0 Å². The number of hydrogen-bond acceptors (Lipinski definition) is 1. The maximum absolute atomic E-state index is 9.99. The highest BCUT2D eigenvalue weighted by atomic mass is 16.3. The van der Waals surface area contributed by atoms with Gasteiger partial charge in [0.2, 0.25) is 0 Å². The van der Waals surface area contributed by atoms with Crippen molar-refractivity contribution in [3.05, 3.63) is 0 Å². The Morgan fingerprint density at radius 3 is 2.60 bits per heavy atom. The summed E-state index contributed by atoms with van der Waals surface area (Å²) in [5.41, 5.74) is -0.626. The third-order valence-corrected chi connectivity index (χ3v) is 3.25. The quantitative estimate of drug-likeness (QED) is 0.542. The summed E-state index contributed by atoms with van der Waals surface area (Å²) in [6, 6.07) is 0. The van der Waals surface area contributed by atoms with Gasteiger partial charge in [0.1, 0.15) is 5.60 Å². The molecule has 0 radical (unpaired) electrons. The van der Waals surface area contributed by atoms with E-state index < -0.39 is 5.60 Å². The summed E-state index contributed by atoms with van der Waals surface area (Å²) < 4.78 is 0. The van der Waals surface area contributed by atoms with Gasteiger partial charge in [0.15, 0.2) is 0 Å². The lowest BCUT2D eigenvalue weighted by Crippen LogP contribution is -2.10. The minimum Gasteiger partial charge on any atom is -0.377 e. The van der Waals surface area contributed by atoms with E-state index in [4.69, 9.17) is 0 Å². The van der Waals surface area contributed by atoms with Crippen LogP contribution < -0.4 is 0 Å². The van der Waals surface area contributed by atoms with E-state index in [1.54, 1.807) is 0 Å². The molecule has 0 aromatic heterocycles. The molecular weight excluding hydrogens is 184 g/mol. The van der Waals surface area contributed by atoms with E-state index in [-0.39, 0.29) is 0 Å². The summed E-state index contributed by atoms with van der Waals surface area (Å²) in [5.74, 6) is 7.16. The van der Waals surface area contributed by atoms with Crippen LogP contribution in [0.5, 0.6) is 0 Å². The zero-order valence-electron chi connectivity index (χ0n) is 10.3. The molecule has 1 aliphatic rings. The van der Waals surface area contributed by atoms with Gasteiger partial charge < -0.3 is 5.11 Å². The van der Waals surface area contributed by atoms with E-state index >= 15 is 0 Å². The first kappa shape index (κ1) is 12.6. The number of aliphatic hydroxyl groups is 1. The Labute approximate surface area is 94.3 Å². The van der Waals surface area contributed by atoms with Crippen molar-refractivity contribution in [2.75, 3.05) is 0 Å². The summed E-state index contributed by atoms with van der Waals surface area (Å²) in [4.78, 5) is 0. The lowest BCUT2D eigenvalue weighted by molar-refractivity contribution is 0.180. The Morgan fingerprint density at radius 1 is 1.33 bits per heavy atom. The zero-order valence-corrected chi connectivity index (χ0v) is 10.3. The smallest absolute Gasteiger partial charge is 0.129 e. The highest BCUT2D eigenvalue weighted by molar-refractivity contribution is 5.26. The van der Waals surface area contributed by atoms with Crippen LogP contribution in [0.25, 0.3) is 0 Å². The molecule has 1 N–H and O–H groups in total. The fourth-order valence-electron chi connectivity index (χ4n) is 2.06. The molecule has 0 aliphatic heterocycles. The van der Waals surface area contributed by atoms with Crippen LogP contribution in [0.2, 0.25) is 0 Å². The van der Waals surface area contributed by atoms with Crippen LogP contribution in [0, 0.1) is 23.7 Å². The van der Waals surface area contributed by atoms with Crippen molar-refractivity contribution in [2.24, 2.45) is 11.8 Å². The number of hydrogen-bond donors (Lipinski definition) is 1. The molecule has 0 aromatic rings. The average molecular weight is 208 g/mol. The highest BCUT2D eigenvalue weighted by Crippen LogP contribution is 2.47. The first-order valence-corrected chi connectivity index (χ1v) is 6.32. The third-order valence-electron chi connectivity index (χ3n) is 3.25. The minimum absolute atomic E-state index is 0.417. The van der Waals surface area contributed by atoms with Crippen molar-refractivity contribution in [3.63, 3.8) is 0 Å². The van der Waals surface area contributed by atoms with Crippen molar-refractivity contribution in [2.45, 2.75) is 64.9 Å². The van der Waals surface area contributed by atoms with E-state index in [1.807, 2.05) is 0 Å². The number of rotatable bonds is 5. The normalized spacial score (nSPS) is 28.7. The highest BCUT2D eigenvalue weighted by Gasteiger charge is 2.53. The SMILES string of the molecule is CCCCCCC#C[C@@]1(O)C[C@H]1C(C)C. The van der Waals surface area contributed by atoms with Crippen LogP contribution in [0.1, 0.15) is 59.3 Å². The van der Waals surface area contributed by atoms with E-state index in [1.165, 1.54) is 25.7 Å². The molecule has 1 nitrogen and oxygen atoms in total. The summed E-state index contributed by atoms with van der Waals surface area (Å²) in [6.07, 6.45) is 6.87. The van der Waals surface area contributed by atoms with E-state index in [2.05, 4.69) is 32.6 Å². The molecule has 1 saturated carbocycles. The second kappa shape index (κ2) is 5.56. The van der Waals surface area contributed by atoms with Gasteiger partial charge in [0, 0.05) is 12.3 Å². The van der Waals surface area contributed by atoms with Crippen LogP contribution >= 0.6 is 0 Å². The molecule has 1 rings (SSSR count). The molecule has 1 heteroatoms. The molecule has 1 aliphatic carbocycles. The fraction of sp³-hybridized carbons (Fsp3) is 0.857. The molecular formula is C14H24O. The molecule has 0 amide bonds. The van der Waals surface area contributed by atoms with Gasteiger partial charge >= 0.3 is 0 Å². The van der Waals surface area contributed by atoms with Gasteiger partial charge in [-0.05, 0) is 18.8 Å². The van der Waals surface area contributed by atoms with Gasteiger partial charge in [0.05, 0.1) is 0 Å². The Balaban J connectivity index is 2.16. The van der Waals surface area contributed by atoms with Crippen LogP contribution in [-0.4, -0.2) is 10.7 Å². The Morgan fingerprint density at radius 2 is 2.07 bits per heavy atom. The van der Waals surface area contributed by atoms with Crippen LogP contribution in [-0.2, 0) is 0 Å².